The Kier molecular flexibility index (Phi) is 6.46. The minimum absolute atomic E-state index is 0.417. The fourth-order valence-electron chi connectivity index (χ4n) is 4.03. The van der Waals surface area contributed by atoms with E-state index in [9.17, 15) is 5.11 Å². The lowest BCUT2D eigenvalue weighted by molar-refractivity contribution is -0.118. The zero-order valence-electron chi connectivity index (χ0n) is 17.1. The molecule has 0 spiro atoms. The summed E-state index contributed by atoms with van der Waals surface area (Å²) < 4.78 is 32.6. The van der Waals surface area contributed by atoms with Crippen LogP contribution in [0.15, 0.2) is 16.9 Å². The lowest BCUT2D eigenvalue weighted by Crippen LogP contribution is -2.61. The summed E-state index contributed by atoms with van der Waals surface area (Å²) in [7, 11) is 1.63. The van der Waals surface area contributed by atoms with E-state index in [0.29, 0.717) is 19.6 Å². The summed E-state index contributed by atoms with van der Waals surface area (Å²) in [5.41, 5.74) is -2.52. The first-order valence-corrected chi connectivity index (χ1v) is 10.5. The molecular weight excluding hydrogens is 357 g/mol. The van der Waals surface area contributed by atoms with Crippen LogP contribution in [0.1, 0.15) is 47.0 Å². The molecule has 0 bridgehead atoms. The Morgan fingerprint density at radius 1 is 0.923 bits per heavy atom. The standard InChI is InChI=1S/C18H34NO6P/c1-15(2)9-8-10-16(3,19-26(21-5,22-6)23-7)18(15,20)12-11-17(4)24-13-14-25-17/h11-12,20H,8-10,13-14H2,1-7H3/b12-11+. The molecule has 0 aromatic rings. The molecule has 1 N–H and O–H groups in total. The van der Waals surface area contributed by atoms with Gasteiger partial charge >= 0.3 is 7.74 Å². The van der Waals surface area contributed by atoms with E-state index < -0.39 is 30.1 Å². The van der Waals surface area contributed by atoms with Gasteiger partial charge in [-0.25, -0.2) is 4.74 Å². The van der Waals surface area contributed by atoms with Crippen molar-refractivity contribution in [2.45, 2.75) is 63.9 Å². The summed E-state index contributed by atoms with van der Waals surface area (Å²) in [6.45, 7) is 8.96. The van der Waals surface area contributed by atoms with Crippen molar-refractivity contribution in [1.29, 1.82) is 0 Å². The lowest BCUT2D eigenvalue weighted by atomic mass is 9.57. The van der Waals surface area contributed by atoms with Crippen LogP contribution >= 0.6 is 7.74 Å². The fraction of sp³-hybridized carbons (Fsp3) is 0.889. The highest BCUT2D eigenvalue weighted by atomic mass is 31.2. The Labute approximate surface area is 157 Å². The quantitative estimate of drug-likeness (QED) is 0.547. The number of ether oxygens (including phenoxy) is 2. The summed E-state index contributed by atoms with van der Waals surface area (Å²) in [6.07, 6.45) is 6.08. The summed E-state index contributed by atoms with van der Waals surface area (Å²) in [5, 5.41) is 11.9. The SMILES string of the molecule is COP(=NC1(C)CCCC(C)(C)C1(O)/C=C/C1(C)OCCO1)(OC)OC. The van der Waals surface area contributed by atoms with Crippen LogP contribution in [0.5, 0.6) is 0 Å². The maximum absolute atomic E-state index is 11.9. The molecule has 0 radical (unpaired) electrons. The molecule has 7 nitrogen and oxygen atoms in total. The molecule has 0 aromatic carbocycles. The molecule has 1 saturated carbocycles. The van der Waals surface area contributed by atoms with Crippen molar-refractivity contribution in [2.24, 2.45) is 10.2 Å². The van der Waals surface area contributed by atoms with Gasteiger partial charge in [-0.3, -0.25) is 0 Å². The Bertz CT molecular complexity index is 567. The Hall–Kier alpha value is -0.270. The van der Waals surface area contributed by atoms with Crippen molar-refractivity contribution < 1.29 is 28.2 Å². The normalized spacial score (nSPS) is 34.3. The molecule has 2 unspecified atom stereocenters. The van der Waals surface area contributed by atoms with Crippen molar-refractivity contribution in [2.75, 3.05) is 34.5 Å². The first-order chi connectivity index (χ1) is 12.0. The average molecular weight is 391 g/mol. The monoisotopic (exact) mass is 391 g/mol. The van der Waals surface area contributed by atoms with Gasteiger partial charge in [0.1, 0.15) is 5.60 Å². The molecule has 2 atom stereocenters. The van der Waals surface area contributed by atoms with Crippen molar-refractivity contribution in [3.8, 4) is 0 Å². The van der Waals surface area contributed by atoms with Gasteiger partial charge in [-0.05, 0) is 44.3 Å². The van der Waals surface area contributed by atoms with Gasteiger partial charge in [0.05, 0.1) is 18.8 Å². The van der Waals surface area contributed by atoms with E-state index in [0.717, 1.165) is 12.8 Å². The summed E-state index contributed by atoms with van der Waals surface area (Å²) in [5.74, 6) is -0.833. The minimum atomic E-state index is -2.91. The molecule has 0 aromatic heterocycles. The Balaban J connectivity index is 2.54. The molecule has 1 saturated heterocycles. The second-order valence-electron chi connectivity index (χ2n) is 7.94. The third kappa shape index (κ3) is 3.81. The van der Waals surface area contributed by atoms with E-state index in [1.165, 1.54) is 21.3 Å². The molecule has 2 rings (SSSR count). The van der Waals surface area contributed by atoms with E-state index in [-0.39, 0.29) is 0 Å². The Morgan fingerprint density at radius 2 is 1.46 bits per heavy atom. The van der Waals surface area contributed by atoms with Crippen LogP contribution in [0, 0.1) is 5.41 Å². The molecular formula is C18H34NO6P. The number of nitrogens with zero attached hydrogens (tertiary/aromatic N) is 1. The maximum Gasteiger partial charge on any atom is 0.355 e. The second kappa shape index (κ2) is 7.63. The van der Waals surface area contributed by atoms with Gasteiger partial charge in [-0.15, -0.1) is 0 Å². The largest absolute Gasteiger partial charge is 0.383 e. The van der Waals surface area contributed by atoms with E-state index in [2.05, 4.69) is 13.8 Å². The highest BCUT2D eigenvalue weighted by molar-refractivity contribution is 7.51. The zero-order valence-corrected chi connectivity index (χ0v) is 18.0. The van der Waals surface area contributed by atoms with Crippen LogP contribution in [-0.4, -0.2) is 56.6 Å². The number of hydrogen-bond acceptors (Lipinski definition) is 7. The molecule has 26 heavy (non-hydrogen) atoms. The van der Waals surface area contributed by atoms with E-state index in [1.807, 2.05) is 13.8 Å². The first kappa shape index (κ1) is 22.0. The molecule has 1 aliphatic carbocycles. The molecule has 8 heteroatoms. The highest BCUT2D eigenvalue weighted by Gasteiger charge is 2.58. The number of rotatable bonds is 6. The molecule has 1 aliphatic heterocycles. The van der Waals surface area contributed by atoms with Crippen molar-refractivity contribution >= 4 is 7.74 Å². The van der Waals surface area contributed by atoms with Crippen LogP contribution in [0.2, 0.25) is 0 Å². The summed E-state index contributed by atoms with van der Waals surface area (Å²) in [4.78, 5) is 0. The van der Waals surface area contributed by atoms with Crippen molar-refractivity contribution in [3.05, 3.63) is 12.2 Å². The van der Waals surface area contributed by atoms with Crippen LogP contribution in [-0.2, 0) is 23.0 Å². The van der Waals surface area contributed by atoms with Crippen LogP contribution in [0.4, 0.5) is 0 Å². The highest BCUT2D eigenvalue weighted by Crippen LogP contribution is 2.59. The average Bonchev–Trinajstić information content (AvgIpc) is 3.03. The van der Waals surface area contributed by atoms with Gasteiger partial charge in [0.2, 0.25) is 0 Å². The van der Waals surface area contributed by atoms with Gasteiger partial charge < -0.3 is 28.2 Å². The Morgan fingerprint density at radius 3 is 1.96 bits per heavy atom. The lowest BCUT2D eigenvalue weighted by Gasteiger charge is -2.54. The molecule has 152 valence electrons. The van der Waals surface area contributed by atoms with Gasteiger partial charge in [0.25, 0.3) is 0 Å². The summed E-state index contributed by atoms with van der Waals surface area (Å²) in [6, 6.07) is 0. The van der Waals surface area contributed by atoms with Crippen LogP contribution in [0.3, 0.4) is 0 Å². The minimum Gasteiger partial charge on any atom is -0.383 e. The van der Waals surface area contributed by atoms with Gasteiger partial charge in [-0.2, -0.15) is 0 Å². The van der Waals surface area contributed by atoms with Crippen LogP contribution < -0.4 is 0 Å². The summed E-state index contributed by atoms with van der Waals surface area (Å²) >= 11 is 0. The fourth-order valence-corrected chi connectivity index (χ4v) is 5.52. The second-order valence-corrected chi connectivity index (χ2v) is 10.2. The molecule has 2 aliphatic rings. The van der Waals surface area contributed by atoms with E-state index >= 15 is 0 Å². The molecule has 2 fully saturated rings. The van der Waals surface area contributed by atoms with Gasteiger partial charge in [0, 0.05) is 21.3 Å². The van der Waals surface area contributed by atoms with Crippen molar-refractivity contribution in [3.63, 3.8) is 0 Å². The third-order valence-corrected chi connectivity index (χ3v) is 7.91. The molecule has 0 amide bonds. The van der Waals surface area contributed by atoms with Crippen molar-refractivity contribution in [1.82, 2.24) is 0 Å². The topological polar surface area (TPSA) is 78.7 Å². The van der Waals surface area contributed by atoms with Gasteiger partial charge in [-0.1, -0.05) is 20.3 Å². The molecule has 1 heterocycles. The smallest absolute Gasteiger partial charge is 0.355 e. The van der Waals surface area contributed by atoms with E-state index in [1.54, 1.807) is 12.2 Å². The zero-order chi connectivity index (χ0) is 19.7. The van der Waals surface area contributed by atoms with Gasteiger partial charge in [0.15, 0.2) is 5.79 Å². The maximum atomic E-state index is 11.9. The third-order valence-electron chi connectivity index (χ3n) is 5.84. The number of aliphatic hydroxyl groups is 1. The predicted octanol–water partition coefficient (Wildman–Crippen LogP) is 3.89. The first-order valence-electron chi connectivity index (χ1n) is 9.02. The van der Waals surface area contributed by atoms with Crippen LogP contribution in [0.25, 0.3) is 0 Å². The predicted molar refractivity (Wildman–Crippen MR) is 101 cm³/mol. The number of hydrogen-bond donors (Lipinski definition) is 1. The van der Waals surface area contributed by atoms with E-state index in [4.69, 9.17) is 27.8 Å².